The first-order chi connectivity index (χ1) is 11.5. The Morgan fingerprint density at radius 1 is 1.50 bits per heavy atom. The Bertz CT molecular complexity index is 763. The normalized spacial score (nSPS) is 18.1. The van der Waals surface area contributed by atoms with Crippen molar-refractivity contribution in [1.29, 1.82) is 0 Å². The largest absolute Gasteiger partial charge is 0.350 e. The average molecular weight is 352 g/mol. The summed E-state index contributed by atoms with van der Waals surface area (Å²) in [6, 6.07) is 4.28. The molecule has 1 amide bonds. The van der Waals surface area contributed by atoms with E-state index in [1.165, 1.54) is 16.8 Å². The highest BCUT2D eigenvalue weighted by Gasteiger charge is 2.23. The third-order valence-corrected chi connectivity index (χ3v) is 4.52. The van der Waals surface area contributed by atoms with Crippen LogP contribution in [0.25, 0.3) is 5.69 Å². The zero-order valence-electron chi connectivity index (χ0n) is 13.6. The highest BCUT2D eigenvalue weighted by Crippen LogP contribution is 2.20. The zero-order valence-corrected chi connectivity index (χ0v) is 14.3. The van der Waals surface area contributed by atoms with Gasteiger partial charge < -0.3 is 10.2 Å². The molecule has 1 unspecified atom stereocenters. The van der Waals surface area contributed by atoms with Gasteiger partial charge in [0.1, 0.15) is 11.5 Å². The van der Waals surface area contributed by atoms with Crippen LogP contribution in [0.3, 0.4) is 0 Å². The fourth-order valence-electron chi connectivity index (χ4n) is 2.93. The molecule has 0 aliphatic carbocycles. The van der Waals surface area contributed by atoms with Crippen molar-refractivity contribution in [3.05, 3.63) is 40.4 Å². The predicted molar refractivity (Wildman–Crippen MR) is 89.0 cm³/mol. The molecule has 1 N–H and O–H groups in total. The standard InChI is InChI=1S/C16H19ClFN5O/c1-10-15(16(24)19-8-11-5-6-22(2)9-11)20-21-23(10)14-4-3-12(17)7-13(14)18/h3-4,7,11H,5-6,8-9H2,1-2H3,(H,19,24). The Morgan fingerprint density at radius 3 is 2.96 bits per heavy atom. The minimum Gasteiger partial charge on any atom is -0.350 e. The molecule has 6 nitrogen and oxygen atoms in total. The predicted octanol–water partition coefficient (Wildman–Crippen LogP) is 2.05. The number of nitrogens with one attached hydrogen (secondary N) is 1. The zero-order chi connectivity index (χ0) is 17.3. The summed E-state index contributed by atoms with van der Waals surface area (Å²) in [5, 5.41) is 11.0. The van der Waals surface area contributed by atoms with Crippen LogP contribution in [-0.4, -0.2) is 52.5 Å². The average Bonchev–Trinajstić information content (AvgIpc) is 3.11. The molecule has 1 aliphatic rings. The molecule has 3 rings (SSSR count). The number of likely N-dealkylation sites (tertiary alicyclic amines) is 1. The van der Waals surface area contributed by atoms with Crippen molar-refractivity contribution in [2.24, 2.45) is 5.92 Å². The van der Waals surface area contributed by atoms with E-state index in [9.17, 15) is 9.18 Å². The van der Waals surface area contributed by atoms with E-state index >= 15 is 0 Å². The van der Waals surface area contributed by atoms with E-state index in [2.05, 4.69) is 27.6 Å². The molecule has 0 spiro atoms. The number of amides is 1. The van der Waals surface area contributed by atoms with Gasteiger partial charge in [0.2, 0.25) is 0 Å². The van der Waals surface area contributed by atoms with E-state index in [1.807, 2.05) is 0 Å². The molecule has 2 heterocycles. The topological polar surface area (TPSA) is 63.1 Å². The lowest BCUT2D eigenvalue weighted by molar-refractivity contribution is 0.0942. The second kappa shape index (κ2) is 6.86. The van der Waals surface area contributed by atoms with Crippen molar-refractivity contribution in [3.8, 4) is 5.69 Å². The van der Waals surface area contributed by atoms with E-state index in [1.54, 1.807) is 13.0 Å². The fourth-order valence-corrected chi connectivity index (χ4v) is 3.09. The van der Waals surface area contributed by atoms with Gasteiger partial charge in [-0.2, -0.15) is 0 Å². The number of hydrogen-bond acceptors (Lipinski definition) is 4. The summed E-state index contributed by atoms with van der Waals surface area (Å²) in [4.78, 5) is 14.6. The molecule has 1 aromatic carbocycles. The summed E-state index contributed by atoms with van der Waals surface area (Å²) in [5.41, 5.74) is 0.897. The number of carbonyl (C=O) groups excluding carboxylic acids is 1. The van der Waals surface area contributed by atoms with Gasteiger partial charge >= 0.3 is 0 Å². The number of rotatable bonds is 4. The van der Waals surface area contributed by atoms with E-state index in [0.29, 0.717) is 23.2 Å². The SMILES string of the molecule is Cc1c(C(=O)NCC2CCN(C)C2)nnn1-c1ccc(Cl)cc1F. The molecule has 2 aromatic rings. The van der Waals surface area contributed by atoms with Gasteiger partial charge in [-0.15, -0.1) is 5.10 Å². The molecule has 24 heavy (non-hydrogen) atoms. The summed E-state index contributed by atoms with van der Waals surface area (Å²) < 4.78 is 15.3. The van der Waals surface area contributed by atoms with E-state index in [0.717, 1.165) is 19.5 Å². The Morgan fingerprint density at radius 2 is 2.29 bits per heavy atom. The number of hydrogen-bond donors (Lipinski definition) is 1. The second-order valence-corrected chi connectivity index (χ2v) is 6.59. The van der Waals surface area contributed by atoms with E-state index in [4.69, 9.17) is 11.6 Å². The van der Waals surface area contributed by atoms with Crippen LogP contribution in [0.15, 0.2) is 18.2 Å². The first kappa shape index (κ1) is 16.9. The number of nitrogens with zero attached hydrogens (tertiary/aromatic N) is 4. The molecule has 1 aromatic heterocycles. The van der Waals surface area contributed by atoms with Crippen LogP contribution in [0.1, 0.15) is 22.6 Å². The van der Waals surface area contributed by atoms with Crippen molar-refractivity contribution in [2.45, 2.75) is 13.3 Å². The lowest BCUT2D eigenvalue weighted by atomic mass is 10.1. The third kappa shape index (κ3) is 3.42. The first-order valence-corrected chi connectivity index (χ1v) is 8.18. The highest BCUT2D eigenvalue weighted by atomic mass is 35.5. The van der Waals surface area contributed by atoms with E-state index in [-0.39, 0.29) is 17.3 Å². The van der Waals surface area contributed by atoms with Crippen molar-refractivity contribution >= 4 is 17.5 Å². The van der Waals surface area contributed by atoms with Gasteiger partial charge in [0.15, 0.2) is 5.69 Å². The molecule has 1 fully saturated rings. The quantitative estimate of drug-likeness (QED) is 0.915. The lowest BCUT2D eigenvalue weighted by Crippen LogP contribution is -2.31. The van der Waals surface area contributed by atoms with Gasteiger partial charge in [-0.05, 0) is 51.1 Å². The van der Waals surface area contributed by atoms with Crippen molar-refractivity contribution < 1.29 is 9.18 Å². The second-order valence-electron chi connectivity index (χ2n) is 6.16. The maximum Gasteiger partial charge on any atom is 0.273 e. The van der Waals surface area contributed by atoms with Gasteiger partial charge in [-0.25, -0.2) is 9.07 Å². The van der Waals surface area contributed by atoms with Crippen molar-refractivity contribution in [1.82, 2.24) is 25.2 Å². The minimum absolute atomic E-state index is 0.204. The summed E-state index contributed by atoms with van der Waals surface area (Å²) >= 11 is 5.76. The maximum atomic E-state index is 14.0. The number of carbonyl (C=O) groups is 1. The minimum atomic E-state index is -0.517. The van der Waals surface area contributed by atoms with Crippen LogP contribution >= 0.6 is 11.6 Å². The summed E-state index contributed by atoms with van der Waals surface area (Å²) in [6.45, 7) is 4.31. The van der Waals surface area contributed by atoms with E-state index < -0.39 is 5.82 Å². The summed E-state index contributed by atoms with van der Waals surface area (Å²) in [5.74, 6) is -0.359. The van der Waals surface area contributed by atoms with Crippen LogP contribution in [0.5, 0.6) is 0 Å². The Labute approximate surface area is 144 Å². The molecule has 8 heteroatoms. The summed E-state index contributed by atoms with van der Waals surface area (Å²) in [7, 11) is 2.07. The van der Waals surface area contributed by atoms with Crippen LogP contribution in [-0.2, 0) is 0 Å². The van der Waals surface area contributed by atoms with Gasteiger partial charge in [0.05, 0.1) is 5.69 Å². The maximum absolute atomic E-state index is 14.0. The van der Waals surface area contributed by atoms with Gasteiger partial charge in [0.25, 0.3) is 5.91 Å². The lowest BCUT2D eigenvalue weighted by Gasteiger charge is -2.11. The van der Waals surface area contributed by atoms with Gasteiger partial charge in [-0.3, -0.25) is 4.79 Å². The van der Waals surface area contributed by atoms with Crippen LogP contribution in [0.2, 0.25) is 5.02 Å². The van der Waals surface area contributed by atoms with Crippen LogP contribution < -0.4 is 5.32 Å². The summed E-state index contributed by atoms with van der Waals surface area (Å²) in [6.07, 6.45) is 1.07. The van der Waals surface area contributed by atoms with Gasteiger partial charge in [0, 0.05) is 18.1 Å². The van der Waals surface area contributed by atoms with Crippen molar-refractivity contribution in [3.63, 3.8) is 0 Å². The highest BCUT2D eigenvalue weighted by molar-refractivity contribution is 6.30. The van der Waals surface area contributed by atoms with Crippen LogP contribution in [0, 0.1) is 18.7 Å². The first-order valence-electron chi connectivity index (χ1n) is 7.80. The molecule has 0 radical (unpaired) electrons. The van der Waals surface area contributed by atoms with Crippen molar-refractivity contribution in [2.75, 3.05) is 26.7 Å². The monoisotopic (exact) mass is 351 g/mol. The smallest absolute Gasteiger partial charge is 0.273 e. The Hall–Kier alpha value is -1.99. The number of halogens is 2. The molecule has 1 saturated heterocycles. The van der Waals surface area contributed by atoms with Crippen LogP contribution in [0.4, 0.5) is 4.39 Å². The molecule has 0 saturated carbocycles. The molecule has 1 aliphatic heterocycles. The van der Waals surface area contributed by atoms with Gasteiger partial charge in [-0.1, -0.05) is 16.8 Å². The fraction of sp³-hybridized carbons (Fsp3) is 0.438. The number of aromatic nitrogens is 3. The molecular weight excluding hydrogens is 333 g/mol. The molecular formula is C16H19ClFN5O. The third-order valence-electron chi connectivity index (χ3n) is 4.29. The molecule has 0 bridgehead atoms. The molecule has 1 atom stereocenters. The number of benzene rings is 1. The Balaban J connectivity index is 1.73. The Kier molecular flexibility index (Phi) is 4.82. The molecule has 128 valence electrons.